The Balaban J connectivity index is 2.50. The van der Waals surface area contributed by atoms with E-state index in [0.29, 0.717) is 0 Å². The maximum Gasteiger partial charge on any atom is 0.188 e. The maximum atomic E-state index is 5.51. The molecule has 0 bridgehead atoms. The minimum atomic E-state index is 0.261. The van der Waals surface area contributed by atoms with Gasteiger partial charge in [0.05, 0.1) is 0 Å². The van der Waals surface area contributed by atoms with Crippen molar-refractivity contribution in [3.05, 3.63) is 48.5 Å². The van der Waals surface area contributed by atoms with Gasteiger partial charge < -0.3 is 9.47 Å². The summed E-state index contributed by atoms with van der Waals surface area (Å²) in [6, 6.07) is 12.1. The summed E-state index contributed by atoms with van der Waals surface area (Å²) < 4.78 is 10.4. The van der Waals surface area contributed by atoms with Gasteiger partial charge in [-0.05, 0) is 23.1 Å². The van der Waals surface area contributed by atoms with Crippen molar-refractivity contribution in [3.8, 4) is 5.75 Å². The van der Waals surface area contributed by atoms with E-state index >= 15 is 0 Å². The number of hydrogen-bond acceptors (Lipinski definition) is 2. The van der Waals surface area contributed by atoms with Crippen LogP contribution in [0.1, 0.15) is 5.56 Å². The highest BCUT2D eigenvalue weighted by Gasteiger charge is 2.01. The molecule has 0 fully saturated rings. The zero-order valence-corrected chi connectivity index (χ0v) is 9.27. The van der Waals surface area contributed by atoms with Crippen LogP contribution < -0.4 is 4.74 Å². The van der Waals surface area contributed by atoms with Crippen molar-refractivity contribution < 1.29 is 9.47 Å². The summed E-state index contributed by atoms with van der Waals surface area (Å²) in [6.07, 6.45) is 1.83. The first-order chi connectivity index (χ1) is 7.85. The average molecular weight is 214 g/mol. The second-order valence-electron chi connectivity index (χ2n) is 3.49. The highest BCUT2D eigenvalue weighted by Crippen LogP contribution is 2.26. The number of hydrogen-bond donors (Lipinski definition) is 0. The molecule has 2 aromatic rings. The van der Waals surface area contributed by atoms with Gasteiger partial charge in [-0.25, -0.2) is 0 Å². The molecule has 2 nitrogen and oxygen atoms in total. The summed E-state index contributed by atoms with van der Waals surface area (Å²) in [7, 11) is 1.61. The number of methoxy groups -OCH3 is 1. The standard InChI is InChI=1S/C14H14O2/c1-3-11-7-8-12-5-4-6-14(13(12)9-11)16-10-15-2/h3-9H,1,10H2,2H3. The fraction of sp³-hybridized carbons (Fsp3) is 0.143. The monoisotopic (exact) mass is 214 g/mol. The van der Waals surface area contributed by atoms with Gasteiger partial charge in [0.25, 0.3) is 0 Å². The topological polar surface area (TPSA) is 18.5 Å². The van der Waals surface area contributed by atoms with E-state index in [1.807, 2.05) is 24.3 Å². The van der Waals surface area contributed by atoms with Crippen molar-refractivity contribution in [2.45, 2.75) is 0 Å². The van der Waals surface area contributed by atoms with E-state index in [1.165, 1.54) is 0 Å². The van der Waals surface area contributed by atoms with Crippen molar-refractivity contribution in [1.82, 2.24) is 0 Å². The SMILES string of the molecule is C=Cc1ccc2cccc(OCOC)c2c1. The lowest BCUT2D eigenvalue weighted by Crippen LogP contribution is -1.99. The lowest BCUT2D eigenvalue weighted by Gasteiger charge is -2.08. The third kappa shape index (κ3) is 2.07. The molecule has 2 rings (SSSR count). The van der Waals surface area contributed by atoms with Crippen molar-refractivity contribution in [3.63, 3.8) is 0 Å². The summed E-state index contributed by atoms with van der Waals surface area (Å²) >= 11 is 0. The van der Waals surface area contributed by atoms with Gasteiger partial charge in [0.1, 0.15) is 5.75 Å². The third-order valence-corrected chi connectivity index (χ3v) is 2.43. The van der Waals surface area contributed by atoms with Gasteiger partial charge in [-0.2, -0.15) is 0 Å². The number of fused-ring (bicyclic) bond motifs is 1. The van der Waals surface area contributed by atoms with Gasteiger partial charge in [-0.15, -0.1) is 0 Å². The molecule has 0 spiro atoms. The third-order valence-electron chi connectivity index (χ3n) is 2.43. The molecule has 0 radical (unpaired) electrons. The molecule has 2 aromatic carbocycles. The largest absolute Gasteiger partial charge is 0.467 e. The number of rotatable bonds is 4. The van der Waals surface area contributed by atoms with Gasteiger partial charge in [0.15, 0.2) is 6.79 Å². The molecule has 0 heterocycles. The number of benzene rings is 2. The number of ether oxygens (including phenoxy) is 2. The van der Waals surface area contributed by atoms with Crippen LogP contribution in [0.25, 0.3) is 16.8 Å². The summed E-state index contributed by atoms with van der Waals surface area (Å²) in [5.41, 5.74) is 1.08. The van der Waals surface area contributed by atoms with Crippen LogP contribution in [0.5, 0.6) is 5.75 Å². The van der Waals surface area contributed by atoms with Crippen LogP contribution in [0.3, 0.4) is 0 Å². The molecule has 0 aliphatic heterocycles. The molecule has 0 aliphatic rings. The first kappa shape index (κ1) is 10.7. The van der Waals surface area contributed by atoms with Crippen LogP contribution in [0.2, 0.25) is 0 Å². The van der Waals surface area contributed by atoms with Gasteiger partial charge in [0.2, 0.25) is 0 Å². The van der Waals surface area contributed by atoms with Crippen LogP contribution in [-0.4, -0.2) is 13.9 Å². The van der Waals surface area contributed by atoms with Crippen LogP contribution in [0.15, 0.2) is 43.0 Å². The van der Waals surface area contributed by atoms with E-state index in [4.69, 9.17) is 9.47 Å². The van der Waals surface area contributed by atoms with Gasteiger partial charge in [0, 0.05) is 12.5 Å². The quantitative estimate of drug-likeness (QED) is 0.725. The van der Waals surface area contributed by atoms with Crippen LogP contribution in [-0.2, 0) is 4.74 Å². The fourth-order valence-corrected chi connectivity index (χ4v) is 1.64. The highest BCUT2D eigenvalue weighted by atomic mass is 16.7. The molecule has 0 aliphatic carbocycles. The summed E-state index contributed by atoms with van der Waals surface area (Å²) in [4.78, 5) is 0. The van der Waals surface area contributed by atoms with Gasteiger partial charge >= 0.3 is 0 Å². The molecule has 0 atom stereocenters. The predicted octanol–water partition coefficient (Wildman–Crippen LogP) is 3.47. The zero-order valence-electron chi connectivity index (χ0n) is 9.27. The minimum absolute atomic E-state index is 0.261. The molecular formula is C14H14O2. The van der Waals surface area contributed by atoms with E-state index in [-0.39, 0.29) is 6.79 Å². The summed E-state index contributed by atoms with van der Waals surface area (Å²) in [5, 5.41) is 2.23. The molecule has 0 N–H and O–H groups in total. The highest BCUT2D eigenvalue weighted by molar-refractivity contribution is 5.90. The van der Waals surface area contributed by atoms with Crippen molar-refractivity contribution >= 4 is 16.8 Å². The smallest absolute Gasteiger partial charge is 0.188 e. The molecule has 0 saturated heterocycles. The lowest BCUT2D eigenvalue weighted by atomic mass is 10.1. The zero-order chi connectivity index (χ0) is 11.4. The Labute approximate surface area is 95.1 Å². The van der Waals surface area contributed by atoms with Crippen molar-refractivity contribution in [2.24, 2.45) is 0 Å². The summed E-state index contributed by atoms with van der Waals surface area (Å²) in [6.45, 7) is 4.03. The van der Waals surface area contributed by atoms with E-state index < -0.39 is 0 Å². The molecule has 0 amide bonds. The van der Waals surface area contributed by atoms with E-state index in [1.54, 1.807) is 7.11 Å². The Morgan fingerprint density at radius 2 is 2.12 bits per heavy atom. The molecule has 2 heteroatoms. The fourth-order valence-electron chi connectivity index (χ4n) is 1.64. The minimum Gasteiger partial charge on any atom is -0.467 e. The Morgan fingerprint density at radius 3 is 2.88 bits per heavy atom. The summed E-state index contributed by atoms with van der Waals surface area (Å²) in [5.74, 6) is 0.836. The van der Waals surface area contributed by atoms with Crippen molar-refractivity contribution in [2.75, 3.05) is 13.9 Å². The predicted molar refractivity (Wildman–Crippen MR) is 66.5 cm³/mol. The van der Waals surface area contributed by atoms with Gasteiger partial charge in [-0.3, -0.25) is 0 Å². The first-order valence-corrected chi connectivity index (χ1v) is 5.12. The Morgan fingerprint density at radius 1 is 1.25 bits per heavy atom. The first-order valence-electron chi connectivity index (χ1n) is 5.12. The van der Waals surface area contributed by atoms with Crippen molar-refractivity contribution in [1.29, 1.82) is 0 Å². The Hall–Kier alpha value is -1.80. The second-order valence-corrected chi connectivity index (χ2v) is 3.49. The molecule has 82 valence electrons. The van der Waals surface area contributed by atoms with Crippen LogP contribution in [0.4, 0.5) is 0 Å². The molecule has 0 aromatic heterocycles. The van der Waals surface area contributed by atoms with Crippen LogP contribution >= 0.6 is 0 Å². The Kier molecular flexibility index (Phi) is 3.22. The normalized spacial score (nSPS) is 10.3. The van der Waals surface area contributed by atoms with Crippen LogP contribution in [0, 0.1) is 0 Å². The molecule has 0 unspecified atom stereocenters. The molecule has 16 heavy (non-hydrogen) atoms. The second kappa shape index (κ2) is 4.81. The van der Waals surface area contributed by atoms with E-state index in [0.717, 1.165) is 22.1 Å². The molecule has 0 saturated carbocycles. The van der Waals surface area contributed by atoms with E-state index in [2.05, 4.69) is 24.8 Å². The maximum absolute atomic E-state index is 5.51. The average Bonchev–Trinajstić information content (AvgIpc) is 2.35. The molecular weight excluding hydrogens is 200 g/mol. The Bertz CT molecular complexity index is 503. The van der Waals surface area contributed by atoms with E-state index in [9.17, 15) is 0 Å². The van der Waals surface area contributed by atoms with Gasteiger partial charge in [-0.1, -0.05) is 36.9 Å². The lowest BCUT2D eigenvalue weighted by molar-refractivity contribution is 0.0522.